The van der Waals surface area contributed by atoms with E-state index in [-0.39, 0.29) is 0 Å². The Kier molecular flexibility index (Phi) is 3.24. The minimum atomic E-state index is 1.01. The highest BCUT2D eigenvalue weighted by Crippen LogP contribution is 2.60. The highest BCUT2D eigenvalue weighted by atomic mass is 14.6. The van der Waals surface area contributed by atoms with Crippen LogP contribution in [-0.4, -0.2) is 0 Å². The van der Waals surface area contributed by atoms with Gasteiger partial charge in [-0.1, -0.05) is 27.7 Å². The molecule has 2 bridgehead atoms. The molecule has 0 spiro atoms. The predicted octanol–water partition coefficient (Wildman–Crippen LogP) is 5.62. The fraction of sp³-hybridized carbons (Fsp3) is 1.00. The number of rotatable bonds is 2. The molecule has 5 saturated carbocycles. The number of hydrogen-bond acceptors (Lipinski definition) is 0. The molecule has 0 heteroatoms. The quantitative estimate of drug-likeness (QED) is 0.613. The van der Waals surface area contributed by atoms with Gasteiger partial charge in [0.25, 0.3) is 0 Å². The lowest BCUT2D eigenvalue weighted by Crippen LogP contribution is -2.51. The first kappa shape index (κ1) is 13.6. The minimum Gasteiger partial charge on any atom is -0.0622 e. The zero-order chi connectivity index (χ0) is 14.0. The van der Waals surface area contributed by atoms with Crippen LogP contribution in [0.5, 0.6) is 0 Å². The van der Waals surface area contributed by atoms with Crippen molar-refractivity contribution in [1.82, 2.24) is 0 Å². The van der Waals surface area contributed by atoms with Crippen LogP contribution in [-0.2, 0) is 0 Å². The molecule has 8 atom stereocenters. The SMILES string of the molecule is CC1CC1C1CCC(C2C3CC(C3)C(C)C2C)C(C)C1. The summed E-state index contributed by atoms with van der Waals surface area (Å²) >= 11 is 0. The molecular weight excluding hydrogens is 240 g/mol. The predicted molar refractivity (Wildman–Crippen MR) is 85.3 cm³/mol. The van der Waals surface area contributed by atoms with E-state index in [2.05, 4.69) is 27.7 Å². The minimum absolute atomic E-state index is 1.01. The van der Waals surface area contributed by atoms with Gasteiger partial charge in [0.2, 0.25) is 0 Å². The Morgan fingerprint density at radius 1 is 0.550 bits per heavy atom. The highest BCUT2D eigenvalue weighted by Gasteiger charge is 2.52. The van der Waals surface area contributed by atoms with Crippen molar-refractivity contribution in [3.05, 3.63) is 0 Å². The normalized spacial score (nSPS) is 61.8. The second-order valence-corrected chi connectivity index (χ2v) is 9.38. The fourth-order valence-corrected chi connectivity index (χ4v) is 6.83. The Labute approximate surface area is 126 Å². The molecule has 0 amide bonds. The van der Waals surface area contributed by atoms with Gasteiger partial charge in [-0.25, -0.2) is 0 Å². The molecule has 8 unspecified atom stereocenters. The van der Waals surface area contributed by atoms with Gasteiger partial charge in [-0.2, -0.15) is 0 Å². The molecule has 0 N–H and O–H groups in total. The van der Waals surface area contributed by atoms with Gasteiger partial charge < -0.3 is 0 Å². The summed E-state index contributed by atoms with van der Waals surface area (Å²) in [6, 6.07) is 0. The van der Waals surface area contributed by atoms with Crippen LogP contribution >= 0.6 is 0 Å². The maximum absolute atomic E-state index is 2.60. The lowest BCUT2D eigenvalue weighted by molar-refractivity contribution is -0.0921. The van der Waals surface area contributed by atoms with Gasteiger partial charge in [0.1, 0.15) is 0 Å². The van der Waals surface area contributed by atoms with Crippen LogP contribution in [0.15, 0.2) is 0 Å². The van der Waals surface area contributed by atoms with Crippen LogP contribution in [0.25, 0.3) is 0 Å². The summed E-state index contributed by atoms with van der Waals surface area (Å²) in [5.74, 6) is 10.7. The van der Waals surface area contributed by atoms with Crippen LogP contribution in [0.4, 0.5) is 0 Å². The van der Waals surface area contributed by atoms with Gasteiger partial charge in [0.05, 0.1) is 0 Å². The Balaban J connectivity index is 1.44. The lowest BCUT2D eigenvalue weighted by atomic mass is 9.47. The van der Waals surface area contributed by atoms with Crippen molar-refractivity contribution < 1.29 is 0 Å². The summed E-state index contributed by atoms with van der Waals surface area (Å²) in [5.41, 5.74) is 0. The number of fused-ring (bicyclic) bond motifs is 2. The zero-order valence-corrected chi connectivity index (χ0v) is 14.0. The van der Waals surface area contributed by atoms with E-state index in [0.29, 0.717) is 0 Å². The van der Waals surface area contributed by atoms with Crippen molar-refractivity contribution >= 4 is 0 Å². The highest BCUT2D eigenvalue weighted by molar-refractivity contribution is 5.02. The van der Waals surface area contributed by atoms with E-state index < -0.39 is 0 Å². The van der Waals surface area contributed by atoms with Crippen LogP contribution in [0, 0.1) is 59.2 Å². The molecule has 0 aromatic carbocycles. The summed E-state index contributed by atoms with van der Waals surface area (Å²) in [7, 11) is 0. The Bertz CT molecular complexity index is 366. The van der Waals surface area contributed by atoms with Gasteiger partial charge in [-0.3, -0.25) is 0 Å². The first-order valence-electron chi connectivity index (χ1n) is 9.56. The molecule has 5 aliphatic carbocycles. The van der Waals surface area contributed by atoms with Crippen molar-refractivity contribution in [2.45, 2.75) is 66.2 Å². The topological polar surface area (TPSA) is 0 Å². The largest absolute Gasteiger partial charge is 0.0622 e. The second kappa shape index (κ2) is 4.75. The van der Waals surface area contributed by atoms with E-state index in [4.69, 9.17) is 0 Å². The maximum atomic E-state index is 2.60. The molecule has 5 aliphatic rings. The monoisotopic (exact) mass is 274 g/mol. The Morgan fingerprint density at radius 3 is 1.80 bits per heavy atom. The summed E-state index contributed by atoms with van der Waals surface area (Å²) in [6.45, 7) is 10.2. The third kappa shape index (κ3) is 2.00. The number of hydrogen-bond donors (Lipinski definition) is 0. The van der Waals surface area contributed by atoms with E-state index in [1.807, 2.05) is 0 Å². The average Bonchev–Trinajstić information content (AvgIpc) is 3.08. The van der Waals surface area contributed by atoms with E-state index in [1.165, 1.54) is 0 Å². The first-order chi connectivity index (χ1) is 9.56. The van der Waals surface area contributed by atoms with Crippen molar-refractivity contribution in [1.29, 1.82) is 0 Å². The fourth-order valence-electron chi connectivity index (χ4n) is 6.83. The Morgan fingerprint density at radius 2 is 1.20 bits per heavy atom. The van der Waals surface area contributed by atoms with Crippen molar-refractivity contribution in [2.24, 2.45) is 59.2 Å². The molecular formula is C20H34. The Hall–Kier alpha value is 0. The van der Waals surface area contributed by atoms with Crippen molar-refractivity contribution in [2.75, 3.05) is 0 Å². The first-order valence-corrected chi connectivity index (χ1v) is 9.56. The van der Waals surface area contributed by atoms with Crippen LogP contribution < -0.4 is 0 Å². The van der Waals surface area contributed by atoms with Gasteiger partial charge >= 0.3 is 0 Å². The molecule has 20 heavy (non-hydrogen) atoms. The van der Waals surface area contributed by atoms with Gasteiger partial charge in [0, 0.05) is 0 Å². The molecule has 0 radical (unpaired) electrons. The molecule has 0 nitrogen and oxygen atoms in total. The smallest absolute Gasteiger partial charge is 0.0326 e. The lowest BCUT2D eigenvalue weighted by Gasteiger charge is -2.58. The van der Waals surface area contributed by atoms with Crippen LogP contribution in [0.1, 0.15) is 66.2 Å². The summed E-state index contributed by atoms with van der Waals surface area (Å²) in [5, 5.41) is 0. The molecule has 0 saturated heterocycles. The van der Waals surface area contributed by atoms with E-state index in [1.54, 1.807) is 38.5 Å². The van der Waals surface area contributed by atoms with Gasteiger partial charge in [-0.05, 0) is 97.7 Å². The van der Waals surface area contributed by atoms with Gasteiger partial charge in [-0.15, -0.1) is 0 Å². The molecule has 114 valence electrons. The van der Waals surface area contributed by atoms with E-state index >= 15 is 0 Å². The average molecular weight is 274 g/mol. The zero-order valence-electron chi connectivity index (χ0n) is 14.0. The standard InChI is InChI=1S/C20H34/c1-11-7-15(19-8-12(19)2)5-6-18(11)20-14(4)13(3)16-9-17(20)10-16/h11-20H,5-10H2,1-4H3. The maximum Gasteiger partial charge on any atom is -0.0326 e. The summed E-state index contributed by atoms with van der Waals surface area (Å²) in [4.78, 5) is 0. The van der Waals surface area contributed by atoms with Gasteiger partial charge in [0.15, 0.2) is 0 Å². The molecule has 0 aromatic heterocycles. The molecule has 5 fully saturated rings. The van der Waals surface area contributed by atoms with E-state index in [9.17, 15) is 0 Å². The second-order valence-electron chi connectivity index (χ2n) is 9.38. The van der Waals surface area contributed by atoms with Crippen molar-refractivity contribution in [3.63, 3.8) is 0 Å². The molecule has 0 heterocycles. The summed E-state index contributed by atoms with van der Waals surface area (Å²) < 4.78 is 0. The summed E-state index contributed by atoms with van der Waals surface area (Å²) in [6.07, 6.45) is 9.41. The molecule has 0 aromatic rings. The third-order valence-electron chi connectivity index (χ3n) is 8.48. The molecule has 0 aliphatic heterocycles. The third-order valence-corrected chi connectivity index (χ3v) is 8.48. The van der Waals surface area contributed by atoms with Crippen molar-refractivity contribution in [3.8, 4) is 0 Å². The van der Waals surface area contributed by atoms with E-state index in [0.717, 1.165) is 59.2 Å². The van der Waals surface area contributed by atoms with Crippen LogP contribution in [0.3, 0.4) is 0 Å². The van der Waals surface area contributed by atoms with Crippen LogP contribution in [0.2, 0.25) is 0 Å². The molecule has 5 rings (SSSR count).